The molecule has 3 aliphatic carbocycles. The summed E-state index contributed by atoms with van der Waals surface area (Å²) in [7, 11) is 0. The number of allylic oxidation sites excluding steroid dienone is 3. The lowest BCUT2D eigenvalue weighted by molar-refractivity contribution is -0.200. The van der Waals surface area contributed by atoms with Gasteiger partial charge in [0.25, 0.3) is 0 Å². The average Bonchev–Trinajstić information content (AvgIpc) is 3.59. The van der Waals surface area contributed by atoms with Crippen LogP contribution in [0.2, 0.25) is 0 Å². The molecule has 2 saturated carbocycles. The van der Waals surface area contributed by atoms with Crippen molar-refractivity contribution in [2.75, 3.05) is 19.8 Å². The highest BCUT2D eigenvalue weighted by atomic mass is 16.7. The quantitative estimate of drug-likeness (QED) is 0.299. The van der Waals surface area contributed by atoms with Gasteiger partial charge in [-0.25, -0.2) is 0 Å². The fraction of sp³-hybridized carbons (Fsp3) is 0.862. The predicted molar refractivity (Wildman–Crippen MR) is 132 cm³/mol. The Morgan fingerprint density at radius 3 is 2.41 bits per heavy atom. The lowest BCUT2D eigenvalue weighted by Gasteiger charge is -2.34. The molecule has 2 aliphatic heterocycles. The second kappa shape index (κ2) is 12.4. The minimum atomic E-state index is -0.113. The summed E-state index contributed by atoms with van der Waals surface area (Å²) >= 11 is 0. The van der Waals surface area contributed by atoms with Gasteiger partial charge in [-0.15, -0.1) is 0 Å². The summed E-state index contributed by atoms with van der Waals surface area (Å²) in [5.41, 5.74) is 1.52. The third kappa shape index (κ3) is 6.27. The van der Waals surface area contributed by atoms with Crippen LogP contribution < -0.4 is 0 Å². The lowest BCUT2D eigenvalue weighted by atomic mass is 9.86. The number of fused-ring (bicyclic) bond motifs is 1. The zero-order valence-corrected chi connectivity index (χ0v) is 21.0. The third-order valence-electron chi connectivity index (χ3n) is 8.85. The molecule has 5 aliphatic rings. The van der Waals surface area contributed by atoms with Gasteiger partial charge >= 0.3 is 0 Å². The van der Waals surface area contributed by atoms with Crippen molar-refractivity contribution in [2.45, 2.75) is 115 Å². The summed E-state index contributed by atoms with van der Waals surface area (Å²) < 4.78 is 25.5. The summed E-state index contributed by atoms with van der Waals surface area (Å²) in [6.45, 7) is 1.90. The molecule has 2 saturated heterocycles. The second-order valence-corrected chi connectivity index (χ2v) is 11.3. The van der Waals surface area contributed by atoms with Crippen LogP contribution in [0.1, 0.15) is 96.3 Å². The Bertz CT molecular complexity index is 685. The van der Waals surface area contributed by atoms with Crippen LogP contribution in [-0.2, 0) is 18.9 Å². The number of aliphatic hydroxyl groups excluding tert-OH is 1. The maximum absolute atomic E-state index is 9.35. The first kappa shape index (κ1) is 24.8. The molecule has 5 rings (SSSR count). The highest BCUT2D eigenvalue weighted by molar-refractivity contribution is 5.23. The van der Waals surface area contributed by atoms with E-state index in [1.165, 1.54) is 44.1 Å². The Hall–Kier alpha value is -0.880. The standard InChI is InChI=1S/C29H46O5/c30-15-7-10-22-18-23-20-26(34-28-12-4-6-17-32-28)29(24(23)19-22)25(14-13-21-8-1-2-9-21)33-27-11-3-5-16-31-27/h14,18,21,23-24,26-30H,1-13,15-17,19-20H2/t23-,24-,26+,27?,28?,29-/m1/s1. The summed E-state index contributed by atoms with van der Waals surface area (Å²) in [5, 5.41) is 9.35. The van der Waals surface area contributed by atoms with Crippen LogP contribution in [0, 0.1) is 23.7 Å². The van der Waals surface area contributed by atoms with Gasteiger partial charge in [0.1, 0.15) is 5.76 Å². The van der Waals surface area contributed by atoms with Crippen LogP contribution >= 0.6 is 0 Å². The van der Waals surface area contributed by atoms with Crippen LogP contribution in [0.3, 0.4) is 0 Å². The van der Waals surface area contributed by atoms with Gasteiger partial charge in [-0.1, -0.05) is 37.3 Å². The molecular formula is C29H46O5. The zero-order valence-electron chi connectivity index (χ0n) is 21.0. The molecule has 2 unspecified atom stereocenters. The van der Waals surface area contributed by atoms with Crippen LogP contribution in [0.15, 0.2) is 23.5 Å². The van der Waals surface area contributed by atoms with Gasteiger partial charge < -0.3 is 24.1 Å². The van der Waals surface area contributed by atoms with E-state index in [2.05, 4.69) is 12.2 Å². The van der Waals surface area contributed by atoms with E-state index in [0.29, 0.717) is 11.8 Å². The first-order chi connectivity index (χ1) is 16.8. The Kier molecular flexibility index (Phi) is 9.03. The Labute approximate surface area is 206 Å². The van der Waals surface area contributed by atoms with Crippen molar-refractivity contribution in [2.24, 2.45) is 23.7 Å². The number of aliphatic hydroxyl groups is 1. The first-order valence-corrected chi connectivity index (χ1v) is 14.4. The SMILES string of the molecule is OCCCC1=C[C@@H]2C[C@H](OC3CCCCO3)[C@@H](C(=CCC3CCCC3)OC3CCCCO3)[C@@H]2C1. The van der Waals surface area contributed by atoms with Gasteiger partial charge in [0.05, 0.1) is 12.7 Å². The summed E-state index contributed by atoms with van der Waals surface area (Å²) in [6, 6.07) is 0. The van der Waals surface area contributed by atoms with Gasteiger partial charge in [0, 0.05) is 25.6 Å². The van der Waals surface area contributed by atoms with E-state index in [0.717, 1.165) is 82.7 Å². The predicted octanol–water partition coefficient (Wildman–Crippen LogP) is 6.26. The lowest BCUT2D eigenvalue weighted by Crippen LogP contribution is -2.34. The van der Waals surface area contributed by atoms with E-state index >= 15 is 0 Å². The molecule has 1 N–H and O–H groups in total. The molecule has 4 fully saturated rings. The molecule has 0 aromatic carbocycles. The maximum atomic E-state index is 9.35. The highest BCUT2D eigenvalue weighted by Crippen LogP contribution is 2.52. The molecule has 34 heavy (non-hydrogen) atoms. The number of ether oxygens (including phenoxy) is 4. The summed E-state index contributed by atoms with van der Waals surface area (Å²) in [5.74, 6) is 3.28. The molecule has 5 heteroatoms. The second-order valence-electron chi connectivity index (χ2n) is 11.3. The first-order valence-electron chi connectivity index (χ1n) is 14.4. The molecule has 0 aromatic heterocycles. The van der Waals surface area contributed by atoms with Crippen molar-refractivity contribution in [3.8, 4) is 0 Å². The third-order valence-corrected chi connectivity index (χ3v) is 8.85. The van der Waals surface area contributed by atoms with E-state index in [-0.39, 0.29) is 31.2 Å². The Morgan fingerprint density at radius 1 is 0.971 bits per heavy atom. The summed E-state index contributed by atoms with van der Waals surface area (Å²) in [6.07, 6.45) is 22.1. The van der Waals surface area contributed by atoms with E-state index in [1.807, 2.05) is 0 Å². The number of hydrogen-bond acceptors (Lipinski definition) is 5. The maximum Gasteiger partial charge on any atom is 0.199 e. The molecule has 2 heterocycles. The van der Waals surface area contributed by atoms with Crippen molar-refractivity contribution < 1.29 is 24.1 Å². The molecule has 0 aromatic rings. The zero-order chi connectivity index (χ0) is 23.2. The average molecular weight is 475 g/mol. The van der Waals surface area contributed by atoms with Crippen LogP contribution in [0.4, 0.5) is 0 Å². The van der Waals surface area contributed by atoms with E-state index < -0.39 is 0 Å². The van der Waals surface area contributed by atoms with Gasteiger partial charge in [-0.2, -0.15) is 0 Å². The summed E-state index contributed by atoms with van der Waals surface area (Å²) in [4.78, 5) is 0. The molecule has 0 radical (unpaired) electrons. The monoisotopic (exact) mass is 474 g/mol. The van der Waals surface area contributed by atoms with E-state index in [9.17, 15) is 5.11 Å². The van der Waals surface area contributed by atoms with Crippen molar-refractivity contribution >= 4 is 0 Å². The molecule has 0 amide bonds. The van der Waals surface area contributed by atoms with E-state index in [4.69, 9.17) is 18.9 Å². The normalized spacial score (nSPS) is 37.1. The molecule has 0 bridgehead atoms. The molecule has 192 valence electrons. The van der Waals surface area contributed by atoms with E-state index in [1.54, 1.807) is 0 Å². The van der Waals surface area contributed by atoms with Crippen LogP contribution in [0.25, 0.3) is 0 Å². The van der Waals surface area contributed by atoms with Gasteiger partial charge in [0.2, 0.25) is 0 Å². The largest absolute Gasteiger partial charge is 0.469 e. The van der Waals surface area contributed by atoms with Crippen LogP contribution in [-0.4, -0.2) is 43.6 Å². The van der Waals surface area contributed by atoms with Crippen molar-refractivity contribution in [1.29, 1.82) is 0 Å². The van der Waals surface area contributed by atoms with Crippen LogP contribution in [0.5, 0.6) is 0 Å². The fourth-order valence-corrected chi connectivity index (χ4v) is 7.06. The van der Waals surface area contributed by atoms with Crippen molar-refractivity contribution in [3.63, 3.8) is 0 Å². The van der Waals surface area contributed by atoms with Gasteiger partial charge in [0.15, 0.2) is 12.6 Å². The van der Waals surface area contributed by atoms with Crippen molar-refractivity contribution in [3.05, 3.63) is 23.5 Å². The van der Waals surface area contributed by atoms with Gasteiger partial charge in [-0.05, 0) is 88.0 Å². The minimum Gasteiger partial charge on any atom is -0.469 e. The molecular weight excluding hydrogens is 428 g/mol. The number of hydrogen-bond donors (Lipinski definition) is 1. The van der Waals surface area contributed by atoms with Crippen molar-refractivity contribution in [1.82, 2.24) is 0 Å². The highest BCUT2D eigenvalue weighted by Gasteiger charge is 2.49. The smallest absolute Gasteiger partial charge is 0.199 e. The molecule has 0 spiro atoms. The minimum absolute atomic E-state index is 0.0695. The molecule has 6 atom stereocenters. The number of rotatable bonds is 10. The topological polar surface area (TPSA) is 57.2 Å². The fourth-order valence-electron chi connectivity index (χ4n) is 7.06. The van der Waals surface area contributed by atoms with Gasteiger partial charge in [-0.3, -0.25) is 0 Å². The Balaban J connectivity index is 1.36. The Morgan fingerprint density at radius 2 is 1.71 bits per heavy atom. The molecule has 5 nitrogen and oxygen atoms in total.